The van der Waals surface area contributed by atoms with Gasteiger partial charge in [-0.2, -0.15) is 5.10 Å². The maximum atomic E-state index is 4.00. The highest BCUT2D eigenvalue weighted by molar-refractivity contribution is 5.41. The Morgan fingerprint density at radius 2 is 2.44 bits per heavy atom. The first-order valence-corrected chi connectivity index (χ1v) is 2.70. The van der Waals surface area contributed by atoms with Gasteiger partial charge in [0.15, 0.2) is 0 Å². The Morgan fingerprint density at radius 1 is 1.44 bits per heavy atom. The summed E-state index contributed by atoms with van der Waals surface area (Å²) < 4.78 is 1.72. The molecule has 44 valence electrons. The van der Waals surface area contributed by atoms with Gasteiger partial charge >= 0.3 is 0 Å². The summed E-state index contributed by atoms with van der Waals surface area (Å²) in [5, 5.41) is 4.00. The van der Waals surface area contributed by atoms with Crippen molar-refractivity contribution in [1.29, 1.82) is 0 Å². The number of rotatable bonds is 0. The topological polar surface area (TPSA) is 30.2 Å². The van der Waals surface area contributed by atoms with E-state index in [1.54, 1.807) is 23.2 Å². The highest BCUT2D eigenvalue weighted by Gasteiger charge is 1.86. The van der Waals surface area contributed by atoms with Gasteiger partial charge in [0.2, 0.25) is 0 Å². The average Bonchev–Trinajstić information content (AvgIpc) is 2.33. The fraction of sp³-hybridized carbons (Fsp3) is 0. The van der Waals surface area contributed by atoms with E-state index in [9.17, 15) is 0 Å². The Morgan fingerprint density at radius 3 is 3.33 bits per heavy atom. The molecule has 0 saturated heterocycles. The van der Waals surface area contributed by atoms with E-state index in [0.29, 0.717) is 0 Å². The fourth-order valence-electron chi connectivity index (χ4n) is 0.766. The van der Waals surface area contributed by atoms with Gasteiger partial charge in [-0.25, -0.2) is 9.50 Å². The minimum Gasteiger partial charge on any atom is -0.243 e. The Labute approximate surface area is 52.0 Å². The third-order valence-electron chi connectivity index (χ3n) is 1.19. The molecule has 2 heterocycles. The van der Waals surface area contributed by atoms with Crippen molar-refractivity contribution in [3.05, 3.63) is 30.9 Å². The predicted molar refractivity (Wildman–Crippen MR) is 33.0 cm³/mol. The van der Waals surface area contributed by atoms with Crippen LogP contribution >= 0.6 is 0 Å². The molecular formula is C6H5N3. The second kappa shape index (κ2) is 1.55. The van der Waals surface area contributed by atoms with Gasteiger partial charge < -0.3 is 0 Å². The lowest BCUT2D eigenvalue weighted by Crippen LogP contribution is -1.84. The van der Waals surface area contributed by atoms with Gasteiger partial charge in [0.1, 0.15) is 6.33 Å². The Hall–Kier alpha value is -1.38. The summed E-state index contributed by atoms with van der Waals surface area (Å²) in [4.78, 5) is 3.90. The van der Waals surface area contributed by atoms with E-state index in [-0.39, 0.29) is 0 Å². The van der Waals surface area contributed by atoms with Gasteiger partial charge in [0.25, 0.3) is 0 Å². The maximum Gasteiger partial charge on any atom is 0.117 e. The molecule has 0 fully saturated rings. The van der Waals surface area contributed by atoms with Crippen LogP contribution in [0.3, 0.4) is 0 Å². The SMILES string of the molecule is c1cnn2cncc2c1. The molecule has 0 atom stereocenters. The summed E-state index contributed by atoms with van der Waals surface area (Å²) in [5.74, 6) is 0. The van der Waals surface area contributed by atoms with Crippen LogP contribution in [0.15, 0.2) is 30.9 Å². The molecule has 2 aromatic rings. The second-order valence-corrected chi connectivity index (χ2v) is 1.79. The highest BCUT2D eigenvalue weighted by Crippen LogP contribution is 1.95. The number of imidazole rings is 1. The van der Waals surface area contributed by atoms with Gasteiger partial charge in [0.05, 0.1) is 11.7 Å². The van der Waals surface area contributed by atoms with Crippen LogP contribution in [0, 0.1) is 0 Å². The molecule has 0 saturated carbocycles. The van der Waals surface area contributed by atoms with Crippen molar-refractivity contribution in [2.75, 3.05) is 0 Å². The van der Waals surface area contributed by atoms with E-state index in [4.69, 9.17) is 0 Å². The summed E-state index contributed by atoms with van der Waals surface area (Å²) in [6.45, 7) is 0. The van der Waals surface area contributed by atoms with Crippen molar-refractivity contribution in [3.63, 3.8) is 0 Å². The molecule has 0 aliphatic heterocycles. The minimum absolute atomic E-state index is 1.03. The number of hydrogen-bond acceptors (Lipinski definition) is 2. The van der Waals surface area contributed by atoms with Crippen molar-refractivity contribution in [2.24, 2.45) is 0 Å². The lowest BCUT2D eigenvalue weighted by molar-refractivity contribution is 0.926. The molecule has 2 rings (SSSR count). The molecule has 0 aliphatic carbocycles. The molecular weight excluding hydrogens is 114 g/mol. The molecule has 0 aliphatic rings. The molecule has 0 spiro atoms. The Bertz CT molecular complexity index is 282. The van der Waals surface area contributed by atoms with E-state index in [0.717, 1.165) is 5.52 Å². The maximum absolute atomic E-state index is 4.00. The highest BCUT2D eigenvalue weighted by atomic mass is 15.2. The van der Waals surface area contributed by atoms with Gasteiger partial charge in [-0.05, 0) is 12.1 Å². The predicted octanol–water partition coefficient (Wildman–Crippen LogP) is 0.729. The molecule has 9 heavy (non-hydrogen) atoms. The molecule has 0 N–H and O–H groups in total. The van der Waals surface area contributed by atoms with Crippen molar-refractivity contribution < 1.29 is 0 Å². The van der Waals surface area contributed by atoms with Crippen LogP contribution in [-0.2, 0) is 0 Å². The zero-order valence-corrected chi connectivity index (χ0v) is 4.73. The van der Waals surface area contributed by atoms with Crippen LogP contribution in [-0.4, -0.2) is 14.6 Å². The van der Waals surface area contributed by atoms with Crippen LogP contribution < -0.4 is 0 Å². The lowest BCUT2D eigenvalue weighted by Gasteiger charge is -1.85. The molecule has 0 amide bonds. The normalized spacial score (nSPS) is 10.2. The van der Waals surface area contributed by atoms with Crippen molar-refractivity contribution in [2.45, 2.75) is 0 Å². The van der Waals surface area contributed by atoms with Crippen molar-refractivity contribution in [3.8, 4) is 0 Å². The van der Waals surface area contributed by atoms with E-state index < -0.39 is 0 Å². The van der Waals surface area contributed by atoms with Crippen LogP contribution in [0.5, 0.6) is 0 Å². The Balaban J connectivity index is 2.95. The van der Waals surface area contributed by atoms with Crippen LogP contribution in [0.1, 0.15) is 0 Å². The molecule has 0 aromatic carbocycles. The zero-order chi connectivity index (χ0) is 6.10. The van der Waals surface area contributed by atoms with Gasteiger partial charge in [0, 0.05) is 6.20 Å². The average molecular weight is 119 g/mol. The van der Waals surface area contributed by atoms with Crippen molar-refractivity contribution in [1.82, 2.24) is 14.6 Å². The van der Waals surface area contributed by atoms with Crippen LogP contribution in [0.25, 0.3) is 5.52 Å². The number of fused-ring (bicyclic) bond motifs is 1. The summed E-state index contributed by atoms with van der Waals surface area (Å²) in [7, 11) is 0. The van der Waals surface area contributed by atoms with E-state index in [2.05, 4.69) is 10.1 Å². The van der Waals surface area contributed by atoms with Gasteiger partial charge in [-0.3, -0.25) is 0 Å². The molecule has 0 bridgehead atoms. The van der Waals surface area contributed by atoms with Crippen LogP contribution in [0.2, 0.25) is 0 Å². The first-order valence-electron chi connectivity index (χ1n) is 2.70. The Kier molecular flexibility index (Phi) is 0.773. The van der Waals surface area contributed by atoms with Gasteiger partial charge in [-0.1, -0.05) is 0 Å². The molecule has 0 radical (unpaired) electrons. The largest absolute Gasteiger partial charge is 0.243 e. The van der Waals surface area contributed by atoms with E-state index >= 15 is 0 Å². The summed E-state index contributed by atoms with van der Waals surface area (Å²) in [6, 6.07) is 3.84. The second-order valence-electron chi connectivity index (χ2n) is 1.79. The smallest absolute Gasteiger partial charge is 0.117 e. The van der Waals surface area contributed by atoms with E-state index in [1.807, 2.05) is 12.1 Å². The first kappa shape index (κ1) is 4.49. The molecule has 3 heteroatoms. The minimum atomic E-state index is 1.03. The summed E-state index contributed by atoms with van der Waals surface area (Å²) in [6.07, 6.45) is 5.18. The fourth-order valence-corrected chi connectivity index (χ4v) is 0.766. The lowest BCUT2D eigenvalue weighted by atomic mass is 10.5. The number of aromatic nitrogens is 3. The summed E-state index contributed by atoms with van der Waals surface area (Å²) in [5.41, 5.74) is 1.03. The third-order valence-corrected chi connectivity index (χ3v) is 1.19. The quantitative estimate of drug-likeness (QED) is 0.511. The monoisotopic (exact) mass is 119 g/mol. The first-order chi connectivity index (χ1) is 4.47. The summed E-state index contributed by atoms with van der Waals surface area (Å²) >= 11 is 0. The number of nitrogens with zero attached hydrogens (tertiary/aromatic N) is 3. The van der Waals surface area contributed by atoms with Crippen molar-refractivity contribution >= 4 is 5.52 Å². The third kappa shape index (κ3) is 0.579. The zero-order valence-electron chi connectivity index (χ0n) is 4.73. The van der Waals surface area contributed by atoms with Gasteiger partial charge in [-0.15, -0.1) is 0 Å². The molecule has 3 nitrogen and oxygen atoms in total. The van der Waals surface area contributed by atoms with Crippen LogP contribution in [0.4, 0.5) is 0 Å². The van der Waals surface area contributed by atoms with E-state index in [1.165, 1.54) is 0 Å². The number of hydrogen-bond donors (Lipinski definition) is 0. The molecule has 0 unspecified atom stereocenters. The standard InChI is InChI=1S/C6H5N3/c1-2-6-4-7-5-9(6)8-3-1/h1-5H. The molecule has 2 aromatic heterocycles.